The quantitative estimate of drug-likeness (QED) is 0.0186. The molecule has 3 rings (SSSR count). The number of primary sulfonamides is 1. The van der Waals surface area contributed by atoms with Crippen LogP contribution in [0.25, 0.3) is 0 Å². The standard InChI is InChI=1S/C16H24O10.C15H21NO4S.C13H17NO3.C12H18N2O3S.C10H17NO5.2C8H15NO3/c1-4-15(2,3)14(24)25-7-5-6-12(21)26-16(13(22)23,8-10(17)18)9-11(19)20;1-5-15(3,4)14(18)16-12-6-8-13(9-7-12)21(19,20)10-11(2)17;1-4-13(2,3)12(17)14-10-7-5-9(6-8-10)11(15)16;1-4-12(2,3)11(15)14-9-5-7-10(8-6-9)18(13,16)17;1-4-10(2,3)9(16)11-6(8(14)15)5-7(12)13;1-4-8(2,3)7(12)9-5-6(10)11;1-4-5(2)7(10)9-6(3)8(11)12/h4-9H2,1-3H3,(H,17,18)(H,19,20)(H,22,23);6-9H,5,10H2,1-4H3,(H,16,18);5-8H,4H2,1-3H3,(H,14,17)(H,15,16);5-8H,4H2,1-3H3,(H,14,15)(H2,13,16,17);6H,4-5H2,1-3H3,(H,11,16)(H,12,13)(H,14,15);4-5H2,1-3H3,(H,9,12)(H,10,11);5-6H,4H2,1-3H3,(H,9,10)(H,11,12). The van der Waals surface area contributed by atoms with Gasteiger partial charge in [-0.15, -0.1) is 0 Å². The highest BCUT2D eigenvalue weighted by Gasteiger charge is 2.47. The number of nitrogens with two attached hydrogens (primary N) is 1. The van der Waals surface area contributed by atoms with Gasteiger partial charge in [-0.2, -0.15) is 0 Å². The number of ether oxygens (including phenoxy) is 2. The second kappa shape index (κ2) is 53.5. The highest BCUT2D eigenvalue weighted by molar-refractivity contribution is 7.92. The van der Waals surface area contributed by atoms with E-state index in [9.17, 15) is 98.3 Å². The molecule has 40 heteroatoms. The van der Waals surface area contributed by atoms with Crippen LogP contribution in [0.15, 0.2) is 82.6 Å². The Morgan fingerprint density at radius 1 is 0.451 bits per heavy atom. The van der Waals surface area contributed by atoms with Crippen molar-refractivity contribution in [2.24, 2.45) is 43.5 Å². The summed E-state index contributed by atoms with van der Waals surface area (Å²) in [6, 6.07) is 15.5. The molecule has 122 heavy (non-hydrogen) atoms. The van der Waals surface area contributed by atoms with Gasteiger partial charge in [0.05, 0.1) is 46.6 Å². The van der Waals surface area contributed by atoms with E-state index in [1.165, 1.54) is 74.5 Å². The molecule has 0 bridgehead atoms. The number of carbonyl (C=O) groups excluding carboxylic acids is 9. The number of rotatable bonds is 40. The molecule has 3 aromatic rings. The monoisotopic (exact) mass is 1770 g/mol. The number of carbonyl (C=O) groups is 17. The van der Waals surface area contributed by atoms with Crippen molar-refractivity contribution in [3.05, 3.63) is 78.4 Å². The summed E-state index contributed by atoms with van der Waals surface area (Å²) in [6.45, 7) is 38.6. The zero-order valence-electron chi connectivity index (χ0n) is 73.6. The molecule has 688 valence electrons. The van der Waals surface area contributed by atoms with Crippen LogP contribution >= 0.6 is 0 Å². The number of ketones is 1. The molecule has 0 spiro atoms. The molecule has 0 radical (unpaired) electrons. The van der Waals surface area contributed by atoms with Gasteiger partial charge in [-0.1, -0.05) is 125 Å². The fourth-order valence-corrected chi connectivity index (χ4v) is 9.53. The van der Waals surface area contributed by atoms with Crippen molar-refractivity contribution in [3.63, 3.8) is 0 Å². The number of sulfone groups is 1. The first-order chi connectivity index (χ1) is 55.6. The summed E-state index contributed by atoms with van der Waals surface area (Å²) in [5.41, 5.74) is -4.03. The number of anilines is 3. The lowest BCUT2D eigenvalue weighted by Gasteiger charge is -2.26. The third kappa shape index (κ3) is 46.5. The lowest BCUT2D eigenvalue weighted by molar-refractivity contribution is -0.186. The average molecular weight is 1770 g/mol. The van der Waals surface area contributed by atoms with E-state index in [0.717, 1.165) is 12.8 Å². The number of Topliss-reactive ketones (excluding diaryl/α,β-unsaturated/α-hetero) is 1. The summed E-state index contributed by atoms with van der Waals surface area (Å²) >= 11 is 0. The third-order valence-electron chi connectivity index (χ3n) is 19.1. The Kier molecular flexibility index (Phi) is 51.3. The van der Waals surface area contributed by atoms with Crippen LogP contribution in [0, 0.1) is 38.4 Å². The Morgan fingerprint density at radius 3 is 1.11 bits per heavy atom. The van der Waals surface area contributed by atoms with Crippen molar-refractivity contribution in [1.82, 2.24) is 16.0 Å². The minimum Gasteiger partial charge on any atom is -0.481 e. The van der Waals surface area contributed by atoms with E-state index in [2.05, 4.69) is 36.6 Å². The van der Waals surface area contributed by atoms with E-state index in [-0.39, 0.29) is 76.8 Å². The maximum Gasteiger partial charge on any atom is 0.349 e. The van der Waals surface area contributed by atoms with Crippen molar-refractivity contribution in [2.75, 3.05) is 34.9 Å². The summed E-state index contributed by atoms with van der Waals surface area (Å²) in [6.07, 6.45) is 1.30. The molecule has 3 aromatic carbocycles. The van der Waals surface area contributed by atoms with Crippen LogP contribution in [0.1, 0.15) is 240 Å². The van der Waals surface area contributed by atoms with Crippen LogP contribution in [0.2, 0.25) is 0 Å². The van der Waals surface area contributed by atoms with Gasteiger partial charge in [0, 0.05) is 56.5 Å². The summed E-state index contributed by atoms with van der Waals surface area (Å²) in [4.78, 5) is 190. The second-order valence-corrected chi connectivity index (χ2v) is 35.3. The molecule has 0 aliphatic rings. The van der Waals surface area contributed by atoms with Crippen molar-refractivity contribution < 1.29 is 149 Å². The predicted molar refractivity (Wildman–Crippen MR) is 449 cm³/mol. The zero-order valence-corrected chi connectivity index (χ0v) is 75.3. The number of hydrogen-bond acceptors (Lipinski definition) is 23. The minimum absolute atomic E-state index is 0.0141. The van der Waals surface area contributed by atoms with Gasteiger partial charge >= 0.3 is 59.7 Å². The van der Waals surface area contributed by atoms with E-state index in [1.54, 1.807) is 67.5 Å². The number of benzene rings is 3. The van der Waals surface area contributed by atoms with Crippen molar-refractivity contribution in [1.29, 1.82) is 0 Å². The number of nitrogens with one attached hydrogen (secondary N) is 6. The Labute approximate surface area is 712 Å². The van der Waals surface area contributed by atoms with Crippen molar-refractivity contribution in [3.8, 4) is 0 Å². The molecule has 0 aliphatic carbocycles. The Morgan fingerprint density at radius 2 is 0.811 bits per heavy atom. The third-order valence-corrected chi connectivity index (χ3v) is 21.8. The first-order valence-corrected chi connectivity index (χ1v) is 41.8. The number of aliphatic carboxylic acids is 7. The van der Waals surface area contributed by atoms with Crippen LogP contribution in [-0.4, -0.2) is 195 Å². The van der Waals surface area contributed by atoms with Gasteiger partial charge in [-0.25, -0.2) is 36.4 Å². The van der Waals surface area contributed by atoms with Crippen LogP contribution in [0.3, 0.4) is 0 Å². The normalized spacial score (nSPS) is 12.1. The highest BCUT2D eigenvalue weighted by Crippen LogP contribution is 2.29. The van der Waals surface area contributed by atoms with Gasteiger partial charge in [0.1, 0.15) is 30.2 Å². The van der Waals surface area contributed by atoms with Crippen LogP contribution in [0.5, 0.6) is 0 Å². The van der Waals surface area contributed by atoms with E-state index < -0.39 is 166 Å². The molecule has 0 fully saturated rings. The molecule has 38 nitrogen and oxygen atoms in total. The topological polar surface area (TPSA) is 637 Å². The Balaban J connectivity index is -0.000000675. The number of amides is 6. The minimum atomic E-state index is -3.69. The van der Waals surface area contributed by atoms with Crippen LogP contribution in [-0.2, 0) is 106 Å². The van der Waals surface area contributed by atoms with Gasteiger partial charge in [-0.05, 0) is 152 Å². The molecule has 0 heterocycles. The van der Waals surface area contributed by atoms with Gasteiger partial charge in [0.25, 0.3) is 0 Å². The fourth-order valence-electron chi connectivity index (χ4n) is 7.76. The van der Waals surface area contributed by atoms with E-state index in [0.29, 0.717) is 49.2 Å². The highest BCUT2D eigenvalue weighted by atomic mass is 32.2. The molecular weight excluding hydrogens is 1640 g/mol. The number of aromatic carboxylic acids is 1. The number of carboxylic acid groups (broad SMARTS) is 8. The molecule has 0 saturated carbocycles. The van der Waals surface area contributed by atoms with Gasteiger partial charge in [0.2, 0.25) is 51.1 Å². The molecule has 3 unspecified atom stereocenters. The van der Waals surface area contributed by atoms with Gasteiger partial charge < -0.3 is 82.2 Å². The maximum absolute atomic E-state index is 12.0. The number of sulfonamides is 1. The Hall–Kier alpha value is -11.3. The molecule has 6 amide bonds. The lowest BCUT2D eigenvalue weighted by Crippen LogP contribution is -2.47. The summed E-state index contributed by atoms with van der Waals surface area (Å²) in [5, 5.41) is 89.6. The zero-order chi connectivity index (χ0) is 96.3. The summed E-state index contributed by atoms with van der Waals surface area (Å²) in [7, 11) is -7.29. The Bertz CT molecular complexity index is 4270. The molecule has 0 aliphatic heterocycles. The molecule has 0 aromatic heterocycles. The van der Waals surface area contributed by atoms with Crippen molar-refractivity contribution >= 4 is 138 Å². The largest absolute Gasteiger partial charge is 0.481 e. The average Bonchev–Trinajstić information content (AvgIpc) is 0.830. The van der Waals surface area contributed by atoms with E-state index >= 15 is 0 Å². The molecule has 3 atom stereocenters. The first-order valence-electron chi connectivity index (χ1n) is 38.6. The fraction of sp³-hybridized carbons (Fsp3) is 0.573. The summed E-state index contributed by atoms with van der Waals surface area (Å²) in [5.74, 6) is -14.5. The van der Waals surface area contributed by atoms with Crippen LogP contribution < -0.4 is 37.0 Å². The van der Waals surface area contributed by atoms with Gasteiger partial charge in [-0.3, -0.25) is 67.1 Å². The summed E-state index contributed by atoms with van der Waals surface area (Å²) < 4.78 is 55.6. The number of hydrogen-bond donors (Lipinski definition) is 15. The molecular formula is C82H127N7O31S2. The number of esters is 2. The lowest BCUT2D eigenvalue weighted by atomic mass is 9.89. The van der Waals surface area contributed by atoms with E-state index in [1.807, 2.05) is 83.1 Å². The van der Waals surface area contributed by atoms with E-state index in [4.69, 9.17) is 50.7 Å². The molecule has 0 saturated heterocycles. The smallest absolute Gasteiger partial charge is 0.349 e. The maximum atomic E-state index is 12.0. The predicted octanol–water partition coefficient (Wildman–Crippen LogP) is 9.67. The van der Waals surface area contributed by atoms with Crippen LogP contribution in [0.4, 0.5) is 17.1 Å². The second-order valence-electron chi connectivity index (χ2n) is 31.8. The van der Waals surface area contributed by atoms with Gasteiger partial charge in [0.15, 0.2) is 9.84 Å². The number of carboxylic acids is 8. The SMILES string of the molecule is CCC(C)(C)C(=O)NC(CC(=O)O)C(=O)O.CCC(C)(C)C(=O)NCC(=O)O.CCC(C)(C)C(=O)Nc1ccc(C(=O)O)cc1.CCC(C)(C)C(=O)Nc1ccc(S(=O)(=O)CC(C)=O)cc1.CCC(C)(C)C(=O)Nc1ccc(S(N)(=O)=O)cc1.CCC(C)(C)C(=O)OCCCC(=O)OC(CC(=O)O)(CC(=O)O)C(=O)O.CCC(C)C(=O)NC(C)C(=O)O. The van der Waals surface area contributed by atoms with Crippen molar-refractivity contribution in [2.45, 2.75) is 257 Å². The molecule has 16 N–H and O–H groups in total. The first kappa shape index (κ1) is 117.